The van der Waals surface area contributed by atoms with Crippen molar-refractivity contribution in [2.24, 2.45) is 0 Å². The van der Waals surface area contributed by atoms with E-state index in [4.69, 9.17) is 5.11 Å². The van der Waals surface area contributed by atoms with E-state index in [0.717, 1.165) is 12.1 Å². The van der Waals surface area contributed by atoms with Crippen LogP contribution < -0.4 is 4.18 Å². The maximum atomic E-state index is 12.0. The second-order valence-corrected chi connectivity index (χ2v) is 4.74. The van der Waals surface area contributed by atoms with Gasteiger partial charge in [-0.05, 0) is 17.7 Å². The van der Waals surface area contributed by atoms with Crippen LogP contribution in [-0.4, -0.2) is 25.0 Å². The van der Waals surface area contributed by atoms with Gasteiger partial charge in [0.15, 0.2) is 0 Å². The van der Waals surface area contributed by atoms with Crippen LogP contribution in [0.5, 0.6) is 5.75 Å². The number of carboxylic acid groups (broad SMARTS) is 1. The molecule has 0 saturated heterocycles. The second kappa shape index (κ2) is 4.84. The number of aliphatic carboxylic acids is 1. The van der Waals surface area contributed by atoms with Gasteiger partial charge in [-0.1, -0.05) is 12.1 Å². The monoisotopic (exact) mass is 284 g/mol. The van der Waals surface area contributed by atoms with Crippen molar-refractivity contribution >= 4 is 16.1 Å². The molecule has 1 aromatic carbocycles. The molecule has 0 spiro atoms. The highest BCUT2D eigenvalue weighted by Crippen LogP contribution is 2.27. The molecule has 0 unspecified atom stereocenters. The van der Waals surface area contributed by atoms with Crippen molar-refractivity contribution in [1.29, 1.82) is 0 Å². The van der Waals surface area contributed by atoms with Crippen molar-refractivity contribution in [3.63, 3.8) is 0 Å². The lowest BCUT2D eigenvalue weighted by atomic mass is 10.1. The van der Waals surface area contributed by atoms with Crippen LogP contribution >= 0.6 is 0 Å². The Morgan fingerprint density at radius 1 is 1.33 bits per heavy atom. The number of hydrogen-bond acceptors (Lipinski definition) is 4. The molecule has 0 atom stereocenters. The zero-order valence-corrected chi connectivity index (χ0v) is 9.46. The summed E-state index contributed by atoms with van der Waals surface area (Å²) >= 11 is 0. The third-order valence-corrected chi connectivity index (χ3v) is 2.72. The van der Waals surface area contributed by atoms with Gasteiger partial charge in [-0.15, -0.1) is 0 Å². The van der Waals surface area contributed by atoms with Gasteiger partial charge in [0, 0.05) is 0 Å². The van der Waals surface area contributed by atoms with Crippen molar-refractivity contribution in [3.8, 4) is 5.75 Å². The number of hydrogen-bond donors (Lipinski definition) is 1. The number of halogens is 3. The molecule has 0 saturated carbocycles. The fourth-order valence-corrected chi connectivity index (χ4v) is 1.51. The summed E-state index contributed by atoms with van der Waals surface area (Å²) in [5.41, 5.74) is -5.41. The normalized spacial score (nSPS) is 12.2. The molecule has 0 radical (unpaired) electrons. The Morgan fingerprint density at radius 2 is 1.94 bits per heavy atom. The van der Waals surface area contributed by atoms with Crippen LogP contribution in [0.2, 0.25) is 0 Å². The summed E-state index contributed by atoms with van der Waals surface area (Å²) in [5, 5.41) is 8.48. The molecule has 100 valence electrons. The lowest BCUT2D eigenvalue weighted by Gasteiger charge is -2.09. The number of carboxylic acids is 1. The minimum absolute atomic E-state index is 0.123. The molecule has 0 fully saturated rings. The number of rotatable bonds is 4. The van der Waals surface area contributed by atoms with Crippen molar-refractivity contribution in [1.82, 2.24) is 0 Å². The van der Waals surface area contributed by atoms with Crippen molar-refractivity contribution in [2.45, 2.75) is 11.9 Å². The van der Waals surface area contributed by atoms with Crippen LogP contribution in [-0.2, 0) is 21.3 Å². The summed E-state index contributed by atoms with van der Waals surface area (Å²) in [6.45, 7) is 0. The van der Waals surface area contributed by atoms with Gasteiger partial charge in [0.2, 0.25) is 0 Å². The summed E-state index contributed by atoms with van der Waals surface area (Å²) in [7, 11) is -5.74. The van der Waals surface area contributed by atoms with E-state index < -0.39 is 33.8 Å². The molecule has 1 aromatic rings. The van der Waals surface area contributed by atoms with Gasteiger partial charge in [-0.25, -0.2) is 0 Å². The molecule has 0 aliphatic rings. The van der Waals surface area contributed by atoms with Crippen LogP contribution in [0.4, 0.5) is 13.2 Å². The first-order chi connectivity index (χ1) is 8.12. The predicted molar refractivity (Wildman–Crippen MR) is 53.4 cm³/mol. The van der Waals surface area contributed by atoms with Gasteiger partial charge in [-0.2, -0.15) is 21.6 Å². The van der Waals surface area contributed by atoms with E-state index in [1.54, 1.807) is 0 Å². The van der Waals surface area contributed by atoms with Crippen LogP contribution in [0.3, 0.4) is 0 Å². The molecular formula is C9H7F3O5S. The molecule has 0 aromatic heterocycles. The SMILES string of the molecule is O=C(O)Cc1cccc(OS(=O)(=O)C(F)(F)F)c1. The van der Waals surface area contributed by atoms with Gasteiger partial charge in [0.1, 0.15) is 5.75 Å². The molecule has 0 aliphatic heterocycles. The molecule has 9 heteroatoms. The van der Waals surface area contributed by atoms with Crippen LogP contribution in [0, 0.1) is 0 Å². The molecule has 5 nitrogen and oxygen atoms in total. The molecule has 0 heterocycles. The first-order valence-corrected chi connectivity index (χ1v) is 5.84. The Kier molecular flexibility index (Phi) is 3.85. The Bertz CT molecular complexity index is 550. The van der Waals surface area contributed by atoms with Crippen molar-refractivity contribution in [3.05, 3.63) is 29.8 Å². The Balaban J connectivity index is 2.96. The van der Waals surface area contributed by atoms with E-state index in [-0.39, 0.29) is 5.56 Å². The van der Waals surface area contributed by atoms with Gasteiger partial charge in [0.05, 0.1) is 6.42 Å². The van der Waals surface area contributed by atoms with E-state index in [9.17, 15) is 26.4 Å². The first-order valence-electron chi connectivity index (χ1n) is 4.43. The minimum Gasteiger partial charge on any atom is -0.481 e. The van der Waals surface area contributed by atoms with Gasteiger partial charge < -0.3 is 9.29 Å². The predicted octanol–water partition coefficient (Wildman–Crippen LogP) is 1.54. The maximum absolute atomic E-state index is 12.0. The third kappa shape index (κ3) is 3.62. The smallest absolute Gasteiger partial charge is 0.481 e. The van der Waals surface area contributed by atoms with E-state index >= 15 is 0 Å². The van der Waals surface area contributed by atoms with Crippen LogP contribution in [0.25, 0.3) is 0 Å². The fraction of sp³-hybridized carbons (Fsp3) is 0.222. The topological polar surface area (TPSA) is 80.7 Å². The van der Waals surface area contributed by atoms with Gasteiger partial charge in [-0.3, -0.25) is 4.79 Å². The minimum atomic E-state index is -5.74. The van der Waals surface area contributed by atoms with Gasteiger partial charge >= 0.3 is 21.6 Å². The first kappa shape index (κ1) is 14.3. The molecule has 18 heavy (non-hydrogen) atoms. The highest BCUT2D eigenvalue weighted by atomic mass is 32.2. The standard InChI is InChI=1S/C9H7F3O5S/c10-9(11,12)18(15,16)17-7-3-1-2-6(4-7)5-8(13)14/h1-4H,5H2,(H,13,14). The summed E-state index contributed by atoms with van der Waals surface area (Å²) in [6, 6.07) is 4.41. The molecular weight excluding hydrogens is 277 g/mol. The summed E-state index contributed by atoms with van der Waals surface area (Å²) < 4.78 is 61.3. The number of alkyl halides is 3. The Labute approximate surface area is 99.9 Å². The van der Waals surface area contributed by atoms with Crippen LogP contribution in [0.15, 0.2) is 24.3 Å². The van der Waals surface area contributed by atoms with Gasteiger partial charge in [0.25, 0.3) is 0 Å². The Hall–Kier alpha value is -1.77. The zero-order chi connectivity index (χ0) is 14.0. The molecule has 0 aliphatic carbocycles. The lowest BCUT2D eigenvalue weighted by molar-refractivity contribution is -0.136. The quantitative estimate of drug-likeness (QED) is 0.670. The fourth-order valence-electron chi connectivity index (χ4n) is 1.06. The highest BCUT2D eigenvalue weighted by molar-refractivity contribution is 7.87. The Morgan fingerprint density at radius 3 is 2.44 bits per heavy atom. The largest absolute Gasteiger partial charge is 0.534 e. The molecule has 1 N–H and O–H groups in total. The van der Waals surface area contributed by atoms with E-state index in [1.165, 1.54) is 12.1 Å². The maximum Gasteiger partial charge on any atom is 0.534 e. The average molecular weight is 284 g/mol. The summed E-state index contributed by atoms with van der Waals surface area (Å²) in [5.74, 6) is -1.79. The molecule has 0 bridgehead atoms. The molecule has 0 amide bonds. The summed E-state index contributed by atoms with van der Waals surface area (Å²) in [6.07, 6.45) is -0.455. The van der Waals surface area contributed by atoms with E-state index in [0.29, 0.717) is 0 Å². The average Bonchev–Trinajstić information content (AvgIpc) is 2.14. The highest BCUT2D eigenvalue weighted by Gasteiger charge is 2.48. The van der Waals surface area contributed by atoms with Crippen molar-refractivity contribution in [2.75, 3.05) is 0 Å². The number of carbonyl (C=O) groups is 1. The summed E-state index contributed by atoms with van der Waals surface area (Å²) in [4.78, 5) is 10.4. The molecule has 1 rings (SSSR count). The van der Waals surface area contributed by atoms with E-state index in [2.05, 4.69) is 4.18 Å². The number of benzene rings is 1. The lowest BCUT2D eigenvalue weighted by Crippen LogP contribution is -2.28. The van der Waals surface area contributed by atoms with Crippen molar-refractivity contribution < 1.29 is 35.7 Å². The van der Waals surface area contributed by atoms with Crippen LogP contribution in [0.1, 0.15) is 5.56 Å². The van der Waals surface area contributed by atoms with E-state index in [1.807, 2.05) is 0 Å². The second-order valence-electron chi connectivity index (χ2n) is 3.20. The third-order valence-electron chi connectivity index (χ3n) is 1.74. The zero-order valence-electron chi connectivity index (χ0n) is 8.64.